The molecule has 0 atom stereocenters. The minimum atomic E-state index is -1.24. The van der Waals surface area contributed by atoms with E-state index in [9.17, 15) is 9.81 Å². The zero-order valence-corrected chi connectivity index (χ0v) is 15.5. The fourth-order valence-electron chi connectivity index (χ4n) is 3.79. The first-order valence-corrected chi connectivity index (χ1v) is 9.70. The van der Waals surface area contributed by atoms with Crippen molar-refractivity contribution in [3.63, 3.8) is 0 Å². The molecule has 0 aliphatic rings. The van der Waals surface area contributed by atoms with Crippen molar-refractivity contribution in [2.75, 3.05) is 0 Å². The summed E-state index contributed by atoms with van der Waals surface area (Å²) in [6.45, 7) is -1.24. The van der Waals surface area contributed by atoms with E-state index >= 15 is 0 Å². The molecule has 0 amide bonds. The Hall–Kier alpha value is -3.38. The second kappa shape index (κ2) is 6.66. The molecule has 4 nitrogen and oxygen atoms in total. The molecular weight excluding hydrogens is 367 g/mol. The standard InChI is InChI=1S/C22H13BN2O2S/c26-24-23(25-27)19-13-16-8-4-5-9-17(16)21-18-12-15(14-6-2-1-3-7-14)10-11-20(18)28-22(19)21/h1-13H. The van der Waals surface area contributed by atoms with Gasteiger partial charge in [-0.1, -0.05) is 76.9 Å². The van der Waals surface area contributed by atoms with E-state index in [1.165, 1.54) is 0 Å². The van der Waals surface area contributed by atoms with Gasteiger partial charge in [0.05, 0.1) is 0 Å². The quantitative estimate of drug-likeness (QED) is 0.279. The molecule has 0 N–H and O–H groups in total. The Morgan fingerprint density at radius 2 is 1.46 bits per heavy atom. The number of rotatable bonds is 4. The molecule has 0 bridgehead atoms. The molecule has 4 aromatic carbocycles. The SMILES string of the molecule is O=NB(N=O)c1cc2ccccc2c2c1sc1ccc(-c3ccccc3)cc12. The number of nitroso groups, excluding NO2 is 2. The average molecular weight is 380 g/mol. The van der Waals surface area contributed by atoms with Gasteiger partial charge in [0, 0.05) is 20.2 Å². The fraction of sp³-hybridized carbons (Fsp3) is 0. The normalized spacial score (nSPS) is 11.1. The molecule has 0 saturated carbocycles. The van der Waals surface area contributed by atoms with Crippen molar-refractivity contribution < 1.29 is 0 Å². The van der Waals surface area contributed by atoms with Gasteiger partial charge in [0.2, 0.25) is 0 Å². The Morgan fingerprint density at radius 3 is 2.25 bits per heavy atom. The minimum Gasteiger partial charge on any atom is -0.164 e. The van der Waals surface area contributed by atoms with Crippen molar-refractivity contribution in [1.29, 1.82) is 0 Å². The smallest absolute Gasteiger partial charge is 0.164 e. The van der Waals surface area contributed by atoms with Gasteiger partial charge in [-0.3, -0.25) is 0 Å². The van der Waals surface area contributed by atoms with Crippen LogP contribution in [0.5, 0.6) is 0 Å². The van der Waals surface area contributed by atoms with E-state index in [2.05, 4.69) is 46.6 Å². The molecule has 5 aromatic rings. The van der Waals surface area contributed by atoms with Gasteiger partial charge in [0.15, 0.2) is 0 Å². The summed E-state index contributed by atoms with van der Waals surface area (Å²) in [5, 5.41) is 10.1. The third kappa shape index (κ3) is 2.53. The second-order valence-electron chi connectivity index (χ2n) is 6.65. The molecule has 0 saturated heterocycles. The third-order valence-electron chi connectivity index (χ3n) is 5.08. The molecule has 0 fully saturated rings. The Kier molecular flexibility index (Phi) is 3.99. The molecule has 0 aliphatic heterocycles. The Bertz CT molecular complexity index is 1360. The predicted molar refractivity (Wildman–Crippen MR) is 119 cm³/mol. The van der Waals surface area contributed by atoms with Crippen LogP contribution in [0, 0.1) is 9.81 Å². The topological polar surface area (TPSA) is 58.9 Å². The number of thiophene rings is 1. The lowest BCUT2D eigenvalue weighted by atomic mass is 9.70. The van der Waals surface area contributed by atoms with E-state index in [0.717, 1.165) is 42.1 Å². The van der Waals surface area contributed by atoms with Crippen LogP contribution in [-0.2, 0) is 0 Å². The maximum absolute atomic E-state index is 11.2. The highest BCUT2D eigenvalue weighted by molar-refractivity contribution is 7.27. The molecule has 0 spiro atoms. The molecule has 5 rings (SSSR count). The van der Waals surface area contributed by atoms with Crippen LogP contribution >= 0.6 is 11.3 Å². The van der Waals surface area contributed by atoms with Gasteiger partial charge >= 0.3 is 6.98 Å². The van der Waals surface area contributed by atoms with Crippen LogP contribution in [0.3, 0.4) is 0 Å². The third-order valence-corrected chi connectivity index (χ3v) is 6.30. The number of nitrogens with zero attached hydrogens (tertiary/aromatic N) is 2. The number of hydrogen-bond donors (Lipinski definition) is 0. The maximum Gasteiger partial charge on any atom is 0.549 e. The van der Waals surface area contributed by atoms with E-state index in [1.807, 2.05) is 42.5 Å². The fourth-order valence-corrected chi connectivity index (χ4v) is 5.02. The summed E-state index contributed by atoms with van der Waals surface area (Å²) < 4.78 is 1.99. The zero-order chi connectivity index (χ0) is 19.1. The average Bonchev–Trinajstić information content (AvgIpc) is 3.14. The molecule has 1 heterocycles. The van der Waals surface area contributed by atoms with Crippen LogP contribution in [0.2, 0.25) is 0 Å². The van der Waals surface area contributed by atoms with Crippen molar-refractivity contribution >= 4 is 54.7 Å². The highest BCUT2D eigenvalue weighted by atomic mass is 32.1. The van der Waals surface area contributed by atoms with Crippen LogP contribution in [0.15, 0.2) is 89.0 Å². The first-order chi connectivity index (χ1) is 13.8. The van der Waals surface area contributed by atoms with Crippen molar-refractivity contribution in [3.8, 4) is 11.1 Å². The summed E-state index contributed by atoms with van der Waals surface area (Å²) in [6.07, 6.45) is 0. The zero-order valence-electron chi connectivity index (χ0n) is 14.7. The largest absolute Gasteiger partial charge is 0.549 e. The molecule has 28 heavy (non-hydrogen) atoms. The summed E-state index contributed by atoms with van der Waals surface area (Å²) >= 11 is 1.57. The van der Waals surface area contributed by atoms with Crippen molar-refractivity contribution in [2.24, 2.45) is 10.2 Å². The van der Waals surface area contributed by atoms with E-state index in [4.69, 9.17) is 0 Å². The lowest BCUT2D eigenvalue weighted by Gasteiger charge is -2.06. The first kappa shape index (κ1) is 16.8. The van der Waals surface area contributed by atoms with Gasteiger partial charge in [-0.15, -0.1) is 11.3 Å². The van der Waals surface area contributed by atoms with E-state index in [1.54, 1.807) is 11.3 Å². The molecule has 1 aromatic heterocycles. The monoisotopic (exact) mass is 380 g/mol. The summed E-state index contributed by atoms with van der Waals surface area (Å²) in [5.41, 5.74) is 2.84. The van der Waals surface area contributed by atoms with Gasteiger partial charge in [0.25, 0.3) is 0 Å². The van der Waals surface area contributed by atoms with E-state index in [-0.39, 0.29) is 0 Å². The summed E-state index contributed by atoms with van der Waals surface area (Å²) in [5.74, 6) is 0. The van der Waals surface area contributed by atoms with Crippen LogP contribution < -0.4 is 5.46 Å². The molecule has 6 heteroatoms. The molecule has 0 aliphatic carbocycles. The van der Waals surface area contributed by atoms with Crippen LogP contribution in [0.1, 0.15) is 0 Å². The van der Waals surface area contributed by atoms with Gasteiger partial charge in [-0.2, -0.15) is 9.81 Å². The maximum atomic E-state index is 11.2. The lowest BCUT2D eigenvalue weighted by molar-refractivity contribution is 1.59. The number of hydrogen-bond acceptors (Lipinski definition) is 5. The highest BCUT2D eigenvalue weighted by Crippen LogP contribution is 2.39. The van der Waals surface area contributed by atoms with Crippen molar-refractivity contribution in [3.05, 3.63) is 88.7 Å². The molecule has 0 radical (unpaired) electrons. The van der Waals surface area contributed by atoms with E-state index < -0.39 is 6.98 Å². The molecule has 132 valence electrons. The van der Waals surface area contributed by atoms with Crippen LogP contribution in [0.4, 0.5) is 0 Å². The Labute approximate surface area is 164 Å². The van der Waals surface area contributed by atoms with Crippen molar-refractivity contribution in [2.45, 2.75) is 0 Å². The Morgan fingerprint density at radius 1 is 0.714 bits per heavy atom. The Balaban J connectivity index is 1.92. The number of benzene rings is 4. The highest BCUT2D eigenvalue weighted by Gasteiger charge is 2.26. The minimum absolute atomic E-state index is 0.571. The van der Waals surface area contributed by atoms with Gasteiger partial charge < -0.3 is 0 Å². The molecule has 0 unspecified atom stereocenters. The van der Waals surface area contributed by atoms with Gasteiger partial charge in [-0.05, 0) is 39.5 Å². The predicted octanol–water partition coefficient (Wildman–Crippen LogP) is 6.10. The van der Waals surface area contributed by atoms with Gasteiger partial charge in [-0.25, -0.2) is 0 Å². The molecular formula is C22H13BN2O2S. The summed E-state index contributed by atoms with van der Waals surface area (Å²) in [4.78, 5) is 22.5. The first-order valence-electron chi connectivity index (χ1n) is 8.88. The summed E-state index contributed by atoms with van der Waals surface area (Å²) in [7, 11) is 0. The van der Waals surface area contributed by atoms with Crippen LogP contribution in [0.25, 0.3) is 42.1 Å². The van der Waals surface area contributed by atoms with E-state index in [0.29, 0.717) is 5.46 Å². The number of fused-ring (bicyclic) bond motifs is 5. The lowest BCUT2D eigenvalue weighted by Crippen LogP contribution is -2.25. The summed E-state index contributed by atoms with van der Waals surface area (Å²) in [6, 6.07) is 26.4. The van der Waals surface area contributed by atoms with Crippen LogP contribution in [-0.4, -0.2) is 6.98 Å². The van der Waals surface area contributed by atoms with Gasteiger partial charge in [0.1, 0.15) is 0 Å². The van der Waals surface area contributed by atoms with Crippen molar-refractivity contribution in [1.82, 2.24) is 0 Å². The second-order valence-corrected chi connectivity index (χ2v) is 7.71.